The number of likely N-dealkylation sites (tertiary alicyclic amines) is 1. The maximum Gasteiger partial charge on any atom is 0.270 e. The average Bonchev–Trinajstić information content (AvgIpc) is 3.31. The molecule has 156 valence electrons. The molecule has 1 aromatic carbocycles. The molecule has 3 aromatic rings. The zero-order chi connectivity index (χ0) is 20.7. The van der Waals surface area contributed by atoms with E-state index < -0.39 is 11.9 Å². The van der Waals surface area contributed by atoms with Crippen LogP contribution in [-0.2, 0) is 6.54 Å². The summed E-state index contributed by atoms with van der Waals surface area (Å²) in [5.41, 5.74) is 2.16. The Labute approximate surface area is 173 Å². The molecule has 1 saturated carbocycles. The van der Waals surface area contributed by atoms with Crippen molar-refractivity contribution >= 4 is 16.9 Å². The molecule has 7 nitrogen and oxygen atoms in total. The Kier molecular flexibility index (Phi) is 4.96. The monoisotopic (exact) mass is 409 g/mol. The van der Waals surface area contributed by atoms with Crippen LogP contribution in [0.4, 0.5) is 4.39 Å². The number of hydrogen-bond acceptors (Lipinski definition) is 5. The largest absolute Gasteiger partial charge is 0.391 e. The molecule has 2 aromatic heterocycles. The number of imidazole rings is 1. The Balaban J connectivity index is 1.21. The highest BCUT2D eigenvalue weighted by atomic mass is 19.1. The first kappa shape index (κ1) is 19.1. The Morgan fingerprint density at radius 2 is 2.00 bits per heavy atom. The van der Waals surface area contributed by atoms with Gasteiger partial charge < -0.3 is 15.4 Å². The van der Waals surface area contributed by atoms with Crippen molar-refractivity contribution in [2.24, 2.45) is 11.8 Å². The molecule has 2 fully saturated rings. The van der Waals surface area contributed by atoms with Crippen molar-refractivity contribution in [2.75, 3.05) is 13.1 Å². The number of benzene rings is 1. The number of aliphatic hydroxyl groups is 1. The summed E-state index contributed by atoms with van der Waals surface area (Å²) >= 11 is 0. The second kappa shape index (κ2) is 7.77. The van der Waals surface area contributed by atoms with Crippen LogP contribution in [0, 0.1) is 17.7 Å². The van der Waals surface area contributed by atoms with Crippen LogP contribution >= 0.6 is 0 Å². The molecule has 1 amide bonds. The van der Waals surface area contributed by atoms with Gasteiger partial charge >= 0.3 is 0 Å². The number of halogens is 1. The number of fused-ring (bicyclic) bond motifs is 2. The van der Waals surface area contributed by atoms with Gasteiger partial charge in [0.1, 0.15) is 17.3 Å². The number of aromatic nitrogens is 3. The van der Waals surface area contributed by atoms with Crippen LogP contribution < -0.4 is 5.32 Å². The number of nitrogens with zero attached hydrogens (tertiary/aromatic N) is 3. The Hall–Kier alpha value is -2.84. The van der Waals surface area contributed by atoms with Crippen LogP contribution in [0.1, 0.15) is 29.2 Å². The molecular weight excluding hydrogens is 385 g/mol. The molecule has 0 bridgehead atoms. The molecule has 5 rings (SSSR count). The number of amides is 1. The highest BCUT2D eigenvalue weighted by molar-refractivity contribution is 5.92. The lowest BCUT2D eigenvalue weighted by molar-refractivity contribution is 0.0460. The van der Waals surface area contributed by atoms with Gasteiger partial charge in [0.2, 0.25) is 0 Å². The molecule has 0 spiro atoms. The number of rotatable bonds is 4. The fourth-order valence-corrected chi connectivity index (χ4v) is 4.86. The summed E-state index contributed by atoms with van der Waals surface area (Å²) in [6.45, 7) is 2.57. The van der Waals surface area contributed by atoms with Gasteiger partial charge in [-0.1, -0.05) is 12.1 Å². The van der Waals surface area contributed by atoms with E-state index in [0.29, 0.717) is 18.3 Å². The van der Waals surface area contributed by atoms with Crippen molar-refractivity contribution in [1.82, 2.24) is 25.2 Å². The van der Waals surface area contributed by atoms with Crippen LogP contribution in [0.25, 0.3) is 11.0 Å². The number of nitrogens with one attached hydrogen (secondary N) is 2. The number of aliphatic hydroxyl groups excluding tert-OH is 1. The maximum absolute atomic E-state index is 13.0. The molecular formula is C22H24FN5O2. The molecule has 3 N–H and O–H groups in total. The fourth-order valence-electron chi connectivity index (χ4n) is 4.86. The maximum atomic E-state index is 13.0. The topological polar surface area (TPSA) is 94.1 Å². The summed E-state index contributed by atoms with van der Waals surface area (Å²) in [4.78, 5) is 26.7. The van der Waals surface area contributed by atoms with E-state index in [1.54, 1.807) is 0 Å². The van der Waals surface area contributed by atoms with E-state index in [9.17, 15) is 14.3 Å². The van der Waals surface area contributed by atoms with Crippen molar-refractivity contribution in [3.05, 3.63) is 59.9 Å². The third-order valence-corrected chi connectivity index (χ3v) is 6.31. The van der Waals surface area contributed by atoms with Gasteiger partial charge in [-0.2, -0.15) is 0 Å². The van der Waals surface area contributed by atoms with Crippen LogP contribution in [0.5, 0.6) is 0 Å². The first-order chi connectivity index (χ1) is 14.5. The number of carbonyl (C=O) groups excluding carboxylic acids is 1. The number of carbonyl (C=O) groups is 1. The summed E-state index contributed by atoms with van der Waals surface area (Å²) < 4.78 is 13.0. The second-order valence-electron chi connectivity index (χ2n) is 8.40. The third kappa shape index (κ3) is 3.80. The smallest absolute Gasteiger partial charge is 0.270 e. The fraction of sp³-hybridized carbons (Fsp3) is 0.409. The first-order valence-electron chi connectivity index (χ1n) is 10.3. The number of para-hydroxylation sites is 2. The standard InChI is InChI=1S/C22H24FN5O2/c23-15-5-6-18(24-9-15)22(30)27-19-7-13-10-28(11-14(13)8-20(19)29)12-21-25-16-3-1-2-4-17(16)26-21/h1-6,9,13-14,19-20,29H,7-8,10-12H2,(H,25,26)(H,27,30)/t13-,14+,19-,20-/m0/s1. The zero-order valence-electron chi connectivity index (χ0n) is 16.5. The zero-order valence-corrected chi connectivity index (χ0v) is 16.5. The molecule has 2 aliphatic rings. The minimum atomic E-state index is -0.596. The minimum Gasteiger partial charge on any atom is -0.391 e. The Bertz CT molecular complexity index is 1020. The molecule has 0 unspecified atom stereocenters. The minimum absolute atomic E-state index is 0.156. The van der Waals surface area contributed by atoms with Gasteiger partial charge in [0.15, 0.2) is 0 Å². The molecule has 3 heterocycles. The Morgan fingerprint density at radius 1 is 1.20 bits per heavy atom. The van der Waals surface area contributed by atoms with Crippen LogP contribution in [0.2, 0.25) is 0 Å². The molecule has 0 radical (unpaired) electrons. The number of aromatic amines is 1. The molecule has 30 heavy (non-hydrogen) atoms. The van der Waals surface area contributed by atoms with Crippen molar-refractivity contribution in [3.63, 3.8) is 0 Å². The van der Waals surface area contributed by atoms with Gasteiger partial charge in [0, 0.05) is 13.1 Å². The number of hydrogen-bond donors (Lipinski definition) is 3. The van der Waals surface area contributed by atoms with Crippen molar-refractivity contribution in [3.8, 4) is 0 Å². The molecule has 1 saturated heterocycles. The summed E-state index contributed by atoms with van der Waals surface area (Å²) in [6.07, 6.45) is 1.80. The average molecular weight is 409 g/mol. The predicted molar refractivity (Wildman–Crippen MR) is 109 cm³/mol. The van der Waals surface area contributed by atoms with Gasteiger partial charge in [0.05, 0.1) is 35.9 Å². The van der Waals surface area contributed by atoms with Gasteiger partial charge in [0.25, 0.3) is 5.91 Å². The van der Waals surface area contributed by atoms with E-state index in [-0.39, 0.29) is 17.6 Å². The second-order valence-corrected chi connectivity index (χ2v) is 8.40. The quantitative estimate of drug-likeness (QED) is 0.614. The van der Waals surface area contributed by atoms with Crippen molar-refractivity contribution in [2.45, 2.75) is 31.5 Å². The lowest BCUT2D eigenvalue weighted by Crippen LogP contribution is -2.49. The Morgan fingerprint density at radius 3 is 2.77 bits per heavy atom. The van der Waals surface area contributed by atoms with Gasteiger partial charge in [-0.3, -0.25) is 9.69 Å². The van der Waals surface area contributed by atoms with Crippen molar-refractivity contribution in [1.29, 1.82) is 0 Å². The lowest BCUT2D eigenvalue weighted by Gasteiger charge is -2.35. The highest BCUT2D eigenvalue weighted by Gasteiger charge is 2.42. The van der Waals surface area contributed by atoms with Crippen LogP contribution in [-0.4, -0.2) is 56.1 Å². The molecule has 8 heteroatoms. The molecule has 1 aliphatic carbocycles. The molecule has 1 aliphatic heterocycles. The summed E-state index contributed by atoms with van der Waals surface area (Å²) in [6, 6.07) is 10.2. The van der Waals surface area contributed by atoms with E-state index in [4.69, 9.17) is 0 Å². The van der Waals surface area contributed by atoms with E-state index >= 15 is 0 Å². The van der Waals surface area contributed by atoms with E-state index in [2.05, 4.69) is 25.2 Å². The van der Waals surface area contributed by atoms with Crippen LogP contribution in [0.15, 0.2) is 42.6 Å². The van der Waals surface area contributed by atoms with E-state index in [1.807, 2.05) is 24.3 Å². The molecule has 4 atom stereocenters. The summed E-state index contributed by atoms with van der Waals surface area (Å²) in [5.74, 6) is 0.894. The first-order valence-corrected chi connectivity index (χ1v) is 10.3. The predicted octanol–water partition coefficient (Wildman–Crippen LogP) is 2.10. The van der Waals surface area contributed by atoms with Gasteiger partial charge in [-0.25, -0.2) is 14.4 Å². The normalized spacial score (nSPS) is 26.6. The summed E-state index contributed by atoms with van der Waals surface area (Å²) in [5, 5.41) is 13.5. The lowest BCUT2D eigenvalue weighted by atomic mass is 9.77. The van der Waals surface area contributed by atoms with Gasteiger partial charge in [-0.05, 0) is 48.9 Å². The van der Waals surface area contributed by atoms with Crippen molar-refractivity contribution < 1.29 is 14.3 Å². The van der Waals surface area contributed by atoms with E-state index in [1.165, 1.54) is 12.1 Å². The third-order valence-electron chi connectivity index (χ3n) is 6.31. The number of H-pyrrole nitrogens is 1. The van der Waals surface area contributed by atoms with E-state index in [0.717, 1.165) is 49.1 Å². The summed E-state index contributed by atoms with van der Waals surface area (Å²) in [7, 11) is 0. The van der Waals surface area contributed by atoms with Gasteiger partial charge in [-0.15, -0.1) is 0 Å². The highest BCUT2D eigenvalue weighted by Crippen LogP contribution is 2.37. The van der Waals surface area contributed by atoms with Crippen LogP contribution in [0.3, 0.4) is 0 Å². The SMILES string of the molecule is O=C(N[C@H]1C[C@H]2CN(Cc3nc4ccccc4[nH]3)C[C@H]2C[C@@H]1O)c1ccc(F)cn1. The number of pyridine rings is 1.